The second kappa shape index (κ2) is 8.12. The fourth-order valence-corrected chi connectivity index (χ4v) is 2.79. The van der Waals surface area contributed by atoms with Crippen molar-refractivity contribution in [2.75, 3.05) is 26.9 Å². The first-order valence-corrected chi connectivity index (χ1v) is 7.33. The molecule has 0 aromatic rings. The van der Waals surface area contributed by atoms with Gasteiger partial charge in [-0.3, -0.25) is 0 Å². The normalized spacial score (nSPS) is 48.4. The highest BCUT2D eigenvalue weighted by molar-refractivity contribution is 4.93. The Bertz CT molecular complexity index is 369. The molecule has 0 radical (unpaired) electrons. The molecule has 6 N–H and O–H groups in total. The van der Waals surface area contributed by atoms with E-state index in [1.165, 1.54) is 7.11 Å². The van der Waals surface area contributed by atoms with Crippen molar-refractivity contribution in [2.24, 2.45) is 0 Å². The second-order valence-corrected chi connectivity index (χ2v) is 5.62. The van der Waals surface area contributed by atoms with Gasteiger partial charge in [0.25, 0.3) is 0 Å². The summed E-state index contributed by atoms with van der Waals surface area (Å²) in [6.07, 6.45) is -10.8. The maximum atomic E-state index is 10.2. The molecule has 2 aliphatic rings. The van der Waals surface area contributed by atoms with E-state index in [1.54, 1.807) is 0 Å². The minimum atomic E-state index is -1.41. The molecule has 0 amide bonds. The van der Waals surface area contributed by atoms with Crippen LogP contribution in [0.4, 0.5) is 0 Å². The Balaban J connectivity index is 2.10. The SMILES string of the molecule is COC1C(O)C(CO)OC(OC2C(O)C(CO)OC[C@H]2O)C1O. The van der Waals surface area contributed by atoms with Gasteiger partial charge in [0.1, 0.15) is 48.8 Å². The van der Waals surface area contributed by atoms with Crippen molar-refractivity contribution in [1.82, 2.24) is 0 Å². The van der Waals surface area contributed by atoms with E-state index in [4.69, 9.17) is 24.1 Å². The maximum Gasteiger partial charge on any atom is 0.187 e. The molecule has 10 nitrogen and oxygen atoms in total. The number of aliphatic hydroxyl groups is 6. The molecule has 10 heteroatoms. The molecule has 0 aromatic carbocycles. The molecule has 9 atom stereocenters. The minimum absolute atomic E-state index is 0.171. The summed E-state index contributed by atoms with van der Waals surface area (Å²) in [5, 5.41) is 58.5. The first kappa shape index (κ1) is 18.9. The zero-order chi connectivity index (χ0) is 17.1. The van der Waals surface area contributed by atoms with Gasteiger partial charge in [0.2, 0.25) is 0 Å². The lowest BCUT2D eigenvalue weighted by Crippen LogP contribution is -2.63. The average Bonchev–Trinajstić information content (AvgIpc) is 2.54. The Labute approximate surface area is 132 Å². The Hall–Kier alpha value is -0.400. The van der Waals surface area contributed by atoms with Crippen LogP contribution in [0.25, 0.3) is 0 Å². The molecule has 2 saturated heterocycles. The summed E-state index contributed by atoms with van der Waals surface area (Å²) < 4.78 is 20.8. The van der Waals surface area contributed by atoms with Crippen molar-refractivity contribution in [2.45, 2.75) is 55.1 Å². The summed E-state index contributed by atoms with van der Waals surface area (Å²) in [7, 11) is 1.27. The summed E-state index contributed by atoms with van der Waals surface area (Å²) in [5.41, 5.74) is 0. The summed E-state index contributed by atoms with van der Waals surface area (Å²) in [4.78, 5) is 0. The van der Waals surface area contributed by atoms with E-state index in [0.29, 0.717) is 0 Å². The molecule has 8 unspecified atom stereocenters. The summed E-state index contributed by atoms with van der Waals surface area (Å²) >= 11 is 0. The lowest BCUT2D eigenvalue weighted by atomic mass is 9.97. The average molecular weight is 340 g/mol. The minimum Gasteiger partial charge on any atom is -0.394 e. The number of aliphatic hydroxyl groups excluding tert-OH is 6. The van der Waals surface area contributed by atoms with Gasteiger partial charge in [-0.2, -0.15) is 0 Å². The van der Waals surface area contributed by atoms with Gasteiger partial charge in [0, 0.05) is 7.11 Å². The molecule has 23 heavy (non-hydrogen) atoms. The number of hydrogen-bond donors (Lipinski definition) is 6. The predicted octanol–water partition coefficient (Wildman–Crippen LogP) is -4.06. The van der Waals surface area contributed by atoms with Crippen molar-refractivity contribution in [3.8, 4) is 0 Å². The van der Waals surface area contributed by atoms with Gasteiger partial charge >= 0.3 is 0 Å². The molecular weight excluding hydrogens is 316 g/mol. The van der Waals surface area contributed by atoms with Crippen LogP contribution in [0.5, 0.6) is 0 Å². The molecule has 2 aliphatic heterocycles. The van der Waals surface area contributed by atoms with Gasteiger partial charge in [0.05, 0.1) is 19.8 Å². The van der Waals surface area contributed by atoms with E-state index in [1.807, 2.05) is 0 Å². The highest BCUT2D eigenvalue weighted by Crippen LogP contribution is 2.27. The number of ether oxygens (including phenoxy) is 4. The standard InChI is InChI=1S/C13H24O10/c1-20-12-9(18)7(3-15)22-13(10(12)19)23-11-5(16)4-21-6(2-14)8(11)17/h5-19H,2-4H2,1H3/t5-,6?,7?,8?,9?,10?,11?,12?,13?/m1/s1. The largest absolute Gasteiger partial charge is 0.394 e. The highest BCUT2D eigenvalue weighted by Gasteiger charge is 2.48. The number of rotatable bonds is 5. The monoisotopic (exact) mass is 340 g/mol. The molecule has 136 valence electrons. The lowest BCUT2D eigenvalue weighted by molar-refractivity contribution is -0.337. The van der Waals surface area contributed by atoms with E-state index in [-0.39, 0.29) is 6.61 Å². The molecule has 0 spiro atoms. The molecule has 0 saturated carbocycles. The summed E-state index contributed by atoms with van der Waals surface area (Å²) in [5.74, 6) is 0. The zero-order valence-electron chi connectivity index (χ0n) is 12.6. The molecule has 2 fully saturated rings. The Kier molecular flexibility index (Phi) is 6.68. The Morgan fingerprint density at radius 2 is 1.52 bits per heavy atom. The summed E-state index contributed by atoms with van der Waals surface area (Å²) in [6, 6.07) is 0. The quantitative estimate of drug-likeness (QED) is 0.291. The summed E-state index contributed by atoms with van der Waals surface area (Å²) in [6.45, 7) is -1.18. The Morgan fingerprint density at radius 3 is 2.09 bits per heavy atom. The van der Waals surface area contributed by atoms with Gasteiger partial charge in [-0.15, -0.1) is 0 Å². The van der Waals surface area contributed by atoms with Gasteiger partial charge in [-0.1, -0.05) is 0 Å². The molecule has 2 rings (SSSR count). The smallest absolute Gasteiger partial charge is 0.187 e. The van der Waals surface area contributed by atoms with Crippen molar-refractivity contribution in [3.05, 3.63) is 0 Å². The van der Waals surface area contributed by atoms with Gasteiger partial charge in [0.15, 0.2) is 6.29 Å². The fraction of sp³-hybridized carbons (Fsp3) is 1.00. The lowest BCUT2D eigenvalue weighted by Gasteiger charge is -2.44. The van der Waals surface area contributed by atoms with Gasteiger partial charge in [-0.25, -0.2) is 0 Å². The van der Waals surface area contributed by atoms with Gasteiger partial charge < -0.3 is 49.6 Å². The van der Waals surface area contributed by atoms with Crippen LogP contribution in [0.3, 0.4) is 0 Å². The number of methoxy groups -OCH3 is 1. The second-order valence-electron chi connectivity index (χ2n) is 5.62. The molecular formula is C13H24O10. The third kappa shape index (κ3) is 3.82. The van der Waals surface area contributed by atoms with E-state index < -0.39 is 68.3 Å². The molecule has 2 heterocycles. The first-order chi connectivity index (χ1) is 10.9. The molecule has 0 aliphatic carbocycles. The van der Waals surface area contributed by atoms with Crippen molar-refractivity contribution in [3.63, 3.8) is 0 Å². The van der Waals surface area contributed by atoms with Crippen LogP contribution in [0, 0.1) is 0 Å². The van der Waals surface area contributed by atoms with Crippen molar-refractivity contribution >= 4 is 0 Å². The van der Waals surface area contributed by atoms with Crippen LogP contribution in [-0.4, -0.2) is 113 Å². The van der Waals surface area contributed by atoms with E-state index in [0.717, 1.165) is 0 Å². The third-order valence-corrected chi connectivity index (χ3v) is 4.14. The maximum absolute atomic E-state index is 10.2. The van der Waals surface area contributed by atoms with Gasteiger partial charge in [-0.05, 0) is 0 Å². The van der Waals surface area contributed by atoms with Crippen LogP contribution in [0.2, 0.25) is 0 Å². The van der Waals surface area contributed by atoms with Crippen LogP contribution < -0.4 is 0 Å². The van der Waals surface area contributed by atoms with Crippen LogP contribution in [0.1, 0.15) is 0 Å². The van der Waals surface area contributed by atoms with E-state index >= 15 is 0 Å². The van der Waals surface area contributed by atoms with Crippen molar-refractivity contribution in [1.29, 1.82) is 0 Å². The van der Waals surface area contributed by atoms with Crippen molar-refractivity contribution < 1.29 is 49.6 Å². The third-order valence-electron chi connectivity index (χ3n) is 4.14. The van der Waals surface area contributed by atoms with Crippen LogP contribution >= 0.6 is 0 Å². The predicted molar refractivity (Wildman–Crippen MR) is 72.3 cm³/mol. The van der Waals surface area contributed by atoms with E-state index in [9.17, 15) is 25.5 Å². The first-order valence-electron chi connectivity index (χ1n) is 7.33. The molecule has 0 aromatic heterocycles. The van der Waals surface area contributed by atoms with E-state index in [2.05, 4.69) is 0 Å². The topological polar surface area (TPSA) is 158 Å². The van der Waals surface area contributed by atoms with Crippen LogP contribution in [0.15, 0.2) is 0 Å². The van der Waals surface area contributed by atoms with Crippen LogP contribution in [-0.2, 0) is 18.9 Å². The highest BCUT2D eigenvalue weighted by atomic mass is 16.7. The fourth-order valence-electron chi connectivity index (χ4n) is 2.79. The zero-order valence-corrected chi connectivity index (χ0v) is 12.6. The Morgan fingerprint density at radius 1 is 0.913 bits per heavy atom. The molecule has 0 bridgehead atoms. The number of hydrogen-bond acceptors (Lipinski definition) is 10.